The monoisotopic (exact) mass is 294 g/mol. The van der Waals surface area contributed by atoms with Crippen LogP contribution in [0.1, 0.15) is 34.1 Å². The van der Waals surface area contributed by atoms with Crippen LogP contribution in [0.2, 0.25) is 0 Å². The molecule has 1 fully saturated rings. The zero-order valence-electron chi connectivity index (χ0n) is 13.5. The maximum absolute atomic E-state index is 13.0. The largest absolute Gasteiger partial charge is 0.453 e. The number of likely N-dealkylation sites (tertiary alicyclic amines) is 1. The Bertz CT molecular complexity index is 445. The zero-order chi connectivity index (χ0) is 15.7. The van der Waals surface area contributed by atoms with Crippen LogP contribution in [0, 0.1) is 17.8 Å². The van der Waals surface area contributed by atoms with Gasteiger partial charge in [-0.1, -0.05) is 39.8 Å². The molecule has 5 nitrogen and oxygen atoms in total. The van der Waals surface area contributed by atoms with E-state index in [2.05, 4.69) is 36.1 Å². The molecule has 0 aromatic rings. The predicted octanol–water partition coefficient (Wildman–Crippen LogP) is 2.18. The minimum Gasteiger partial charge on any atom is -0.453 e. The van der Waals surface area contributed by atoms with Crippen molar-refractivity contribution >= 4 is 12.0 Å². The highest BCUT2D eigenvalue weighted by Crippen LogP contribution is 2.41. The third kappa shape index (κ3) is 2.92. The van der Waals surface area contributed by atoms with E-state index in [9.17, 15) is 9.59 Å². The van der Waals surface area contributed by atoms with E-state index >= 15 is 0 Å². The zero-order valence-corrected chi connectivity index (χ0v) is 13.5. The normalized spacial score (nSPS) is 28.3. The van der Waals surface area contributed by atoms with E-state index in [0.29, 0.717) is 11.8 Å². The molecular weight excluding hydrogens is 268 g/mol. The minimum absolute atomic E-state index is 0.00551. The average molecular weight is 294 g/mol. The summed E-state index contributed by atoms with van der Waals surface area (Å²) in [4.78, 5) is 26.5. The van der Waals surface area contributed by atoms with Gasteiger partial charge in [0.1, 0.15) is 6.04 Å². The number of alkyl carbamates (subject to hydrolysis) is 1. The van der Waals surface area contributed by atoms with Crippen LogP contribution >= 0.6 is 0 Å². The second-order valence-corrected chi connectivity index (χ2v) is 6.69. The number of amides is 2. The van der Waals surface area contributed by atoms with Crippen LogP contribution < -0.4 is 5.32 Å². The fraction of sp³-hybridized carbons (Fsp3) is 0.750. The van der Waals surface area contributed by atoms with E-state index < -0.39 is 12.1 Å². The Kier molecular flexibility index (Phi) is 4.59. The number of carbonyl (C=O) groups excluding carboxylic acids is 2. The number of fused-ring (bicyclic) bond motifs is 2. The summed E-state index contributed by atoms with van der Waals surface area (Å²) in [6.07, 6.45) is 4.81. The second-order valence-electron chi connectivity index (χ2n) is 6.69. The molecule has 2 bridgehead atoms. The summed E-state index contributed by atoms with van der Waals surface area (Å²) in [5, 5.41) is 2.69. The number of nitrogens with one attached hydrogen (secondary N) is 1. The van der Waals surface area contributed by atoms with Crippen molar-refractivity contribution in [2.45, 2.75) is 52.2 Å². The molecule has 1 N–H and O–H groups in total. The summed E-state index contributed by atoms with van der Waals surface area (Å²) in [7, 11) is 1.31. The molecule has 4 atom stereocenters. The molecule has 0 aromatic heterocycles. The van der Waals surface area contributed by atoms with Crippen molar-refractivity contribution in [3.63, 3.8) is 0 Å². The van der Waals surface area contributed by atoms with Crippen molar-refractivity contribution in [3.05, 3.63) is 12.2 Å². The molecule has 0 spiro atoms. The number of carbonyl (C=O) groups is 2. The summed E-state index contributed by atoms with van der Waals surface area (Å²) in [6, 6.07) is -0.129. The molecule has 1 heterocycles. The molecule has 2 rings (SSSR count). The van der Waals surface area contributed by atoms with Crippen LogP contribution in [-0.2, 0) is 9.53 Å². The molecule has 0 radical (unpaired) electrons. The molecule has 5 heteroatoms. The van der Waals surface area contributed by atoms with Crippen LogP contribution in [0.5, 0.6) is 0 Å². The van der Waals surface area contributed by atoms with Crippen molar-refractivity contribution < 1.29 is 14.3 Å². The highest BCUT2D eigenvalue weighted by Gasteiger charge is 2.48. The number of nitrogens with zero attached hydrogens (tertiary/aromatic N) is 1. The first-order valence-corrected chi connectivity index (χ1v) is 7.71. The van der Waals surface area contributed by atoms with Crippen LogP contribution in [0.4, 0.5) is 4.79 Å². The van der Waals surface area contributed by atoms with Crippen LogP contribution in [0.15, 0.2) is 12.2 Å². The predicted molar refractivity (Wildman–Crippen MR) is 80.7 cm³/mol. The lowest BCUT2D eigenvalue weighted by Gasteiger charge is -2.38. The number of methoxy groups -OCH3 is 1. The van der Waals surface area contributed by atoms with Gasteiger partial charge in [0.15, 0.2) is 0 Å². The Balaban J connectivity index is 2.20. The summed E-state index contributed by atoms with van der Waals surface area (Å²) >= 11 is 0. The summed E-state index contributed by atoms with van der Waals surface area (Å²) in [6.45, 7) is 8.18. The van der Waals surface area contributed by atoms with Crippen LogP contribution in [-0.4, -0.2) is 42.1 Å². The third-order valence-electron chi connectivity index (χ3n) is 4.54. The summed E-state index contributed by atoms with van der Waals surface area (Å²) in [5.74, 6) is 0.878. The molecule has 1 aliphatic carbocycles. The molecule has 1 saturated heterocycles. The molecule has 2 amide bonds. The van der Waals surface area contributed by atoms with Crippen LogP contribution in [0.3, 0.4) is 0 Å². The Morgan fingerprint density at radius 2 is 1.90 bits per heavy atom. The Morgan fingerprint density at radius 1 is 1.24 bits per heavy atom. The standard InChI is InChI=1S/C16H26N2O3/c1-9(2)13(17-16(20)21-5)15(19)18-12-7-6-11(8-12)14(18)10(3)4/h6-7,9-14H,8H2,1-5H3,(H,17,20)/t11-,12+,13-,14+/m0/s1. The first kappa shape index (κ1) is 15.9. The van der Waals surface area contributed by atoms with Crippen LogP contribution in [0.25, 0.3) is 0 Å². The minimum atomic E-state index is -0.553. The maximum atomic E-state index is 13.0. The molecular formula is C16H26N2O3. The van der Waals surface area contributed by atoms with E-state index in [-0.39, 0.29) is 23.9 Å². The topological polar surface area (TPSA) is 58.6 Å². The molecule has 0 aromatic carbocycles. The van der Waals surface area contributed by atoms with Gasteiger partial charge in [0.05, 0.1) is 13.2 Å². The summed E-state index contributed by atoms with van der Waals surface area (Å²) < 4.78 is 4.65. The van der Waals surface area contributed by atoms with Gasteiger partial charge >= 0.3 is 6.09 Å². The molecule has 0 unspecified atom stereocenters. The molecule has 118 valence electrons. The van der Waals surface area contributed by atoms with Crippen molar-refractivity contribution in [1.29, 1.82) is 0 Å². The maximum Gasteiger partial charge on any atom is 0.407 e. The van der Waals surface area contributed by atoms with Gasteiger partial charge in [-0.3, -0.25) is 4.79 Å². The molecule has 0 saturated carbocycles. The van der Waals surface area contributed by atoms with E-state index in [4.69, 9.17) is 0 Å². The second kappa shape index (κ2) is 6.08. The van der Waals surface area contributed by atoms with E-state index in [1.807, 2.05) is 18.7 Å². The van der Waals surface area contributed by atoms with E-state index in [1.165, 1.54) is 7.11 Å². The molecule has 1 aliphatic heterocycles. The van der Waals surface area contributed by atoms with E-state index in [1.54, 1.807) is 0 Å². The number of hydrogen-bond acceptors (Lipinski definition) is 3. The fourth-order valence-electron chi connectivity index (χ4n) is 3.58. The lowest BCUT2D eigenvalue weighted by molar-refractivity contribution is -0.138. The van der Waals surface area contributed by atoms with E-state index in [0.717, 1.165) is 6.42 Å². The fourth-order valence-corrected chi connectivity index (χ4v) is 3.58. The van der Waals surface area contributed by atoms with Gasteiger partial charge in [-0.2, -0.15) is 0 Å². The average Bonchev–Trinajstić information content (AvgIpc) is 3.03. The smallest absolute Gasteiger partial charge is 0.407 e. The van der Waals surface area contributed by atoms with Crippen molar-refractivity contribution in [1.82, 2.24) is 10.2 Å². The van der Waals surface area contributed by atoms with Crippen molar-refractivity contribution in [2.75, 3.05) is 7.11 Å². The lowest BCUT2D eigenvalue weighted by Crippen LogP contribution is -2.56. The Labute approximate surface area is 126 Å². The third-order valence-corrected chi connectivity index (χ3v) is 4.54. The van der Waals surface area contributed by atoms with Gasteiger partial charge in [-0.05, 0) is 24.2 Å². The van der Waals surface area contributed by atoms with Gasteiger partial charge < -0.3 is 15.0 Å². The molecule has 21 heavy (non-hydrogen) atoms. The summed E-state index contributed by atoms with van der Waals surface area (Å²) in [5.41, 5.74) is 0. The van der Waals surface area contributed by atoms with Gasteiger partial charge in [-0.15, -0.1) is 0 Å². The van der Waals surface area contributed by atoms with Crippen molar-refractivity contribution in [3.8, 4) is 0 Å². The van der Waals surface area contributed by atoms with Gasteiger partial charge in [0, 0.05) is 6.04 Å². The SMILES string of the molecule is COC(=O)N[C@H](C(=O)N1[C@@H]2C=C[C@@H](C2)[C@H]1C(C)C)C(C)C. The van der Waals surface area contributed by atoms with Crippen molar-refractivity contribution in [2.24, 2.45) is 17.8 Å². The Hall–Kier alpha value is -1.52. The quantitative estimate of drug-likeness (QED) is 0.809. The first-order valence-electron chi connectivity index (χ1n) is 7.71. The number of hydrogen-bond donors (Lipinski definition) is 1. The lowest BCUT2D eigenvalue weighted by atomic mass is 9.91. The molecule has 2 aliphatic rings. The highest BCUT2D eigenvalue weighted by molar-refractivity contribution is 5.87. The van der Waals surface area contributed by atoms with Gasteiger partial charge in [-0.25, -0.2) is 4.79 Å². The number of rotatable bonds is 4. The number of ether oxygens (including phenoxy) is 1. The first-order chi connectivity index (χ1) is 9.86. The van der Waals surface area contributed by atoms with Gasteiger partial charge in [0.25, 0.3) is 0 Å². The Morgan fingerprint density at radius 3 is 2.43 bits per heavy atom. The highest BCUT2D eigenvalue weighted by atomic mass is 16.5. The van der Waals surface area contributed by atoms with Gasteiger partial charge in [0.2, 0.25) is 5.91 Å².